The molecule has 0 unspecified atom stereocenters. The molecule has 2 heterocycles. The molecule has 5 heteroatoms. The van der Waals surface area contributed by atoms with Crippen molar-refractivity contribution in [2.45, 2.75) is 26.7 Å². The highest BCUT2D eigenvalue weighted by molar-refractivity contribution is 5.88. The van der Waals surface area contributed by atoms with Crippen LogP contribution in [0.5, 0.6) is 0 Å². The van der Waals surface area contributed by atoms with E-state index in [1.165, 1.54) is 4.40 Å². The molecule has 5 nitrogen and oxygen atoms in total. The van der Waals surface area contributed by atoms with Crippen LogP contribution >= 0.6 is 0 Å². The van der Waals surface area contributed by atoms with Crippen molar-refractivity contribution in [1.29, 1.82) is 0 Å². The monoisotopic (exact) mass is 219 g/mol. The number of aryl methyl sites for hydroxylation is 1. The molecule has 0 radical (unpaired) electrons. The molecule has 2 aromatic heterocycles. The van der Waals surface area contributed by atoms with Gasteiger partial charge in [0, 0.05) is 12.4 Å². The summed E-state index contributed by atoms with van der Waals surface area (Å²) >= 11 is 0. The minimum Gasteiger partial charge on any atom is -0.477 e. The van der Waals surface area contributed by atoms with E-state index in [-0.39, 0.29) is 11.6 Å². The van der Waals surface area contributed by atoms with Crippen LogP contribution in [0.25, 0.3) is 5.78 Å². The lowest BCUT2D eigenvalue weighted by molar-refractivity contribution is 0.0687. The zero-order valence-corrected chi connectivity index (χ0v) is 9.43. The molecular formula is C11H13N3O2. The molecule has 0 bridgehead atoms. The van der Waals surface area contributed by atoms with Crippen LogP contribution in [0, 0.1) is 6.92 Å². The van der Waals surface area contributed by atoms with Gasteiger partial charge in [-0.05, 0) is 18.4 Å². The Labute approximate surface area is 92.8 Å². The fraction of sp³-hybridized carbons (Fsp3) is 0.364. The Bertz CT molecular complexity index is 558. The molecule has 0 aliphatic carbocycles. The van der Waals surface area contributed by atoms with Crippen molar-refractivity contribution in [3.8, 4) is 0 Å². The van der Waals surface area contributed by atoms with Crippen molar-refractivity contribution in [2.75, 3.05) is 0 Å². The van der Waals surface area contributed by atoms with Crippen LogP contribution in [0.3, 0.4) is 0 Å². The third-order valence-corrected chi connectivity index (χ3v) is 2.39. The molecular weight excluding hydrogens is 206 g/mol. The fourth-order valence-electron chi connectivity index (χ4n) is 1.66. The van der Waals surface area contributed by atoms with Crippen molar-refractivity contribution in [1.82, 2.24) is 14.4 Å². The van der Waals surface area contributed by atoms with E-state index in [0.29, 0.717) is 11.5 Å². The number of carboxylic acids is 1. The van der Waals surface area contributed by atoms with Crippen LogP contribution in [0.15, 0.2) is 12.4 Å². The van der Waals surface area contributed by atoms with Gasteiger partial charge in [0.05, 0.1) is 5.69 Å². The molecule has 84 valence electrons. The molecule has 2 rings (SSSR count). The molecule has 16 heavy (non-hydrogen) atoms. The zero-order chi connectivity index (χ0) is 11.9. The summed E-state index contributed by atoms with van der Waals surface area (Å²) in [6.45, 7) is 5.70. The molecule has 0 atom stereocenters. The van der Waals surface area contributed by atoms with Gasteiger partial charge in [-0.15, -0.1) is 0 Å². The van der Waals surface area contributed by atoms with Gasteiger partial charge in [0.25, 0.3) is 0 Å². The van der Waals surface area contributed by atoms with Crippen LogP contribution < -0.4 is 0 Å². The molecule has 0 aromatic carbocycles. The second-order valence-electron chi connectivity index (χ2n) is 4.11. The maximum absolute atomic E-state index is 11.2. The third kappa shape index (κ3) is 1.54. The number of aromatic nitrogens is 3. The lowest BCUT2D eigenvalue weighted by Crippen LogP contribution is -2.06. The first kappa shape index (κ1) is 10.6. The number of imidazole rings is 1. The average Bonchev–Trinajstić information content (AvgIpc) is 2.55. The van der Waals surface area contributed by atoms with Crippen molar-refractivity contribution < 1.29 is 9.90 Å². The Balaban J connectivity index is 2.82. The maximum atomic E-state index is 11.2. The maximum Gasteiger partial charge on any atom is 0.354 e. The van der Waals surface area contributed by atoms with E-state index in [1.807, 2.05) is 20.8 Å². The van der Waals surface area contributed by atoms with Crippen LogP contribution in [0.1, 0.15) is 41.5 Å². The first-order chi connectivity index (χ1) is 7.50. The summed E-state index contributed by atoms with van der Waals surface area (Å²) in [4.78, 5) is 19.6. The molecule has 0 saturated heterocycles. The largest absolute Gasteiger partial charge is 0.477 e. The number of carbonyl (C=O) groups is 1. The standard InChI is InChI=1S/C11H13N3O2/c1-6(2)8-9(10(15)16)14-5-7(3)4-12-11(14)13-8/h4-6H,1-3H3,(H,15,16). The van der Waals surface area contributed by atoms with Gasteiger partial charge in [-0.2, -0.15) is 0 Å². The predicted octanol–water partition coefficient (Wildman–Crippen LogP) is 1.86. The van der Waals surface area contributed by atoms with Gasteiger partial charge >= 0.3 is 5.97 Å². The van der Waals surface area contributed by atoms with Crippen molar-refractivity contribution in [3.05, 3.63) is 29.3 Å². The van der Waals surface area contributed by atoms with Crippen LogP contribution in [-0.4, -0.2) is 25.4 Å². The van der Waals surface area contributed by atoms with Crippen molar-refractivity contribution in [2.24, 2.45) is 0 Å². The quantitative estimate of drug-likeness (QED) is 0.837. The van der Waals surface area contributed by atoms with Crippen molar-refractivity contribution >= 4 is 11.7 Å². The normalized spacial score (nSPS) is 11.2. The molecule has 0 amide bonds. The van der Waals surface area contributed by atoms with Gasteiger partial charge < -0.3 is 5.11 Å². The highest BCUT2D eigenvalue weighted by atomic mass is 16.4. The summed E-state index contributed by atoms with van der Waals surface area (Å²) in [6, 6.07) is 0. The third-order valence-electron chi connectivity index (χ3n) is 2.39. The summed E-state index contributed by atoms with van der Waals surface area (Å²) in [5, 5.41) is 9.20. The highest BCUT2D eigenvalue weighted by Gasteiger charge is 2.21. The number of carboxylic acid groups (broad SMARTS) is 1. The van der Waals surface area contributed by atoms with E-state index < -0.39 is 5.97 Å². The van der Waals surface area contributed by atoms with E-state index >= 15 is 0 Å². The molecule has 1 N–H and O–H groups in total. The number of nitrogens with zero attached hydrogens (tertiary/aromatic N) is 3. The first-order valence-electron chi connectivity index (χ1n) is 5.08. The average molecular weight is 219 g/mol. The van der Waals surface area contributed by atoms with Crippen LogP contribution in [0.4, 0.5) is 0 Å². The Morgan fingerprint density at radius 3 is 2.75 bits per heavy atom. The summed E-state index contributed by atoms with van der Waals surface area (Å²) in [5.74, 6) is -0.469. The van der Waals surface area contributed by atoms with Crippen LogP contribution in [0.2, 0.25) is 0 Å². The zero-order valence-electron chi connectivity index (χ0n) is 9.43. The van der Waals surface area contributed by atoms with Gasteiger partial charge in [-0.25, -0.2) is 14.8 Å². The van der Waals surface area contributed by atoms with E-state index in [2.05, 4.69) is 9.97 Å². The first-order valence-corrected chi connectivity index (χ1v) is 5.08. The fourth-order valence-corrected chi connectivity index (χ4v) is 1.66. The molecule has 0 aliphatic heterocycles. The summed E-state index contributed by atoms with van der Waals surface area (Å²) in [7, 11) is 0. The second-order valence-corrected chi connectivity index (χ2v) is 4.11. The van der Waals surface area contributed by atoms with Gasteiger partial charge in [0.2, 0.25) is 5.78 Å². The van der Waals surface area contributed by atoms with E-state index in [4.69, 9.17) is 0 Å². The minimum absolute atomic E-state index is 0.0631. The smallest absolute Gasteiger partial charge is 0.354 e. The molecule has 0 spiro atoms. The number of hydrogen-bond donors (Lipinski definition) is 1. The molecule has 2 aromatic rings. The van der Waals surface area contributed by atoms with Crippen molar-refractivity contribution in [3.63, 3.8) is 0 Å². The van der Waals surface area contributed by atoms with E-state index in [9.17, 15) is 9.90 Å². The van der Waals surface area contributed by atoms with Gasteiger partial charge in [0.15, 0.2) is 5.69 Å². The van der Waals surface area contributed by atoms with E-state index in [0.717, 1.165) is 5.56 Å². The Morgan fingerprint density at radius 1 is 1.50 bits per heavy atom. The highest BCUT2D eigenvalue weighted by Crippen LogP contribution is 2.20. The molecule has 0 aliphatic rings. The number of fused-ring (bicyclic) bond motifs is 1. The Morgan fingerprint density at radius 2 is 2.19 bits per heavy atom. The number of rotatable bonds is 2. The Kier molecular flexibility index (Phi) is 2.38. The lowest BCUT2D eigenvalue weighted by atomic mass is 10.1. The topological polar surface area (TPSA) is 67.5 Å². The summed E-state index contributed by atoms with van der Waals surface area (Å²) < 4.78 is 1.53. The number of aromatic carboxylic acids is 1. The van der Waals surface area contributed by atoms with Crippen LogP contribution in [-0.2, 0) is 0 Å². The molecule has 0 fully saturated rings. The predicted molar refractivity (Wildman–Crippen MR) is 58.8 cm³/mol. The summed E-state index contributed by atoms with van der Waals surface area (Å²) in [5.41, 5.74) is 1.69. The minimum atomic E-state index is -0.969. The lowest BCUT2D eigenvalue weighted by Gasteiger charge is -2.02. The van der Waals surface area contributed by atoms with Gasteiger partial charge in [-0.3, -0.25) is 4.40 Å². The van der Waals surface area contributed by atoms with Gasteiger partial charge in [-0.1, -0.05) is 13.8 Å². The number of hydrogen-bond acceptors (Lipinski definition) is 3. The summed E-state index contributed by atoms with van der Waals surface area (Å²) in [6.07, 6.45) is 3.42. The second kappa shape index (κ2) is 3.59. The Hall–Kier alpha value is -1.91. The van der Waals surface area contributed by atoms with Gasteiger partial charge in [0.1, 0.15) is 0 Å². The van der Waals surface area contributed by atoms with E-state index in [1.54, 1.807) is 12.4 Å². The SMILES string of the molecule is Cc1cnc2nc(C(C)C)c(C(=O)O)n2c1. The molecule has 0 saturated carbocycles.